The van der Waals surface area contributed by atoms with Gasteiger partial charge in [-0.1, -0.05) is 24.3 Å². The fourth-order valence-corrected chi connectivity index (χ4v) is 3.80. The van der Waals surface area contributed by atoms with Crippen LogP contribution in [0.4, 0.5) is 0 Å². The third-order valence-electron chi connectivity index (χ3n) is 4.89. The number of nitrogens with zero attached hydrogens (tertiary/aromatic N) is 1. The largest absolute Gasteiger partial charge is 0.383 e. The van der Waals surface area contributed by atoms with Gasteiger partial charge in [0.25, 0.3) is 0 Å². The number of carbonyl (C=O) groups is 1. The summed E-state index contributed by atoms with van der Waals surface area (Å²) in [6.07, 6.45) is 2.24. The van der Waals surface area contributed by atoms with Crippen LogP contribution >= 0.6 is 0 Å². The van der Waals surface area contributed by atoms with Crippen LogP contribution in [0.15, 0.2) is 24.3 Å². The molecule has 0 radical (unpaired) electrons. The van der Waals surface area contributed by atoms with E-state index in [0.717, 1.165) is 12.8 Å². The second kappa shape index (κ2) is 6.16. The molecule has 1 amide bonds. The molecular formula is C17H24N2O2. The Hall–Kier alpha value is -1.39. The van der Waals surface area contributed by atoms with E-state index in [2.05, 4.69) is 24.3 Å². The number of carbonyl (C=O) groups excluding carboxylic acids is 1. The number of rotatable bonds is 6. The molecule has 4 heteroatoms. The van der Waals surface area contributed by atoms with Gasteiger partial charge >= 0.3 is 0 Å². The topological polar surface area (TPSA) is 55.6 Å². The van der Waals surface area contributed by atoms with Gasteiger partial charge in [0.1, 0.15) is 0 Å². The maximum atomic E-state index is 12.8. The minimum atomic E-state index is 0.164. The van der Waals surface area contributed by atoms with Crippen molar-refractivity contribution in [2.75, 3.05) is 33.4 Å². The Kier molecular flexibility index (Phi) is 4.27. The highest BCUT2D eigenvalue weighted by Gasteiger charge is 2.57. The molecule has 0 heterocycles. The van der Waals surface area contributed by atoms with Crippen molar-refractivity contribution in [1.82, 2.24) is 4.90 Å². The molecule has 4 nitrogen and oxygen atoms in total. The number of hydrogen-bond acceptors (Lipinski definition) is 3. The Labute approximate surface area is 126 Å². The van der Waals surface area contributed by atoms with Crippen LogP contribution in [0.5, 0.6) is 0 Å². The first-order valence-electron chi connectivity index (χ1n) is 7.83. The van der Waals surface area contributed by atoms with Gasteiger partial charge in [-0.3, -0.25) is 4.79 Å². The summed E-state index contributed by atoms with van der Waals surface area (Å²) >= 11 is 0. The zero-order valence-corrected chi connectivity index (χ0v) is 12.6. The number of amides is 1. The molecule has 0 aromatic heterocycles. The fourth-order valence-electron chi connectivity index (χ4n) is 3.80. The number of fused-ring (bicyclic) bond motifs is 3. The maximum absolute atomic E-state index is 12.8. The molecule has 3 unspecified atom stereocenters. The van der Waals surface area contributed by atoms with Crippen molar-refractivity contribution in [2.24, 2.45) is 17.6 Å². The summed E-state index contributed by atoms with van der Waals surface area (Å²) in [7, 11) is 1.66. The quantitative estimate of drug-likeness (QED) is 0.861. The molecule has 2 aliphatic rings. The number of hydrogen-bond donors (Lipinski definition) is 1. The SMILES string of the molecule is COCCN(CCN)C(=O)C1C2CCc3ccccc3C21. The van der Waals surface area contributed by atoms with Crippen LogP contribution < -0.4 is 5.73 Å². The van der Waals surface area contributed by atoms with E-state index in [0.29, 0.717) is 38.1 Å². The highest BCUT2D eigenvalue weighted by Crippen LogP contribution is 2.60. The van der Waals surface area contributed by atoms with Crippen molar-refractivity contribution < 1.29 is 9.53 Å². The van der Waals surface area contributed by atoms with Crippen molar-refractivity contribution in [3.8, 4) is 0 Å². The molecule has 1 saturated carbocycles. The number of benzene rings is 1. The van der Waals surface area contributed by atoms with Gasteiger partial charge in [0, 0.05) is 32.7 Å². The summed E-state index contributed by atoms with van der Waals surface area (Å²) in [6.45, 7) is 2.35. The summed E-state index contributed by atoms with van der Waals surface area (Å²) in [5, 5.41) is 0. The molecule has 0 spiro atoms. The second-order valence-electron chi connectivity index (χ2n) is 6.06. The van der Waals surface area contributed by atoms with Crippen molar-refractivity contribution >= 4 is 5.91 Å². The smallest absolute Gasteiger partial charge is 0.226 e. The first-order valence-corrected chi connectivity index (χ1v) is 7.83. The van der Waals surface area contributed by atoms with E-state index in [1.165, 1.54) is 11.1 Å². The van der Waals surface area contributed by atoms with Crippen LogP contribution in [0, 0.1) is 11.8 Å². The van der Waals surface area contributed by atoms with Crippen molar-refractivity contribution in [3.05, 3.63) is 35.4 Å². The Balaban J connectivity index is 1.72. The van der Waals surface area contributed by atoms with Gasteiger partial charge < -0.3 is 15.4 Å². The van der Waals surface area contributed by atoms with E-state index < -0.39 is 0 Å². The lowest BCUT2D eigenvalue weighted by Crippen LogP contribution is -2.39. The lowest BCUT2D eigenvalue weighted by atomic mass is 9.92. The molecular weight excluding hydrogens is 264 g/mol. The zero-order valence-electron chi connectivity index (χ0n) is 12.6. The molecule has 2 aliphatic carbocycles. The molecule has 1 aromatic carbocycles. The van der Waals surface area contributed by atoms with Crippen LogP contribution in [0.3, 0.4) is 0 Å². The van der Waals surface area contributed by atoms with Crippen molar-refractivity contribution in [1.29, 1.82) is 0 Å². The Morgan fingerprint density at radius 2 is 2.19 bits per heavy atom. The summed E-state index contributed by atoms with van der Waals surface area (Å²) in [4.78, 5) is 14.7. The zero-order chi connectivity index (χ0) is 14.8. The van der Waals surface area contributed by atoms with Crippen LogP contribution in [0.2, 0.25) is 0 Å². The van der Waals surface area contributed by atoms with Gasteiger partial charge in [0.05, 0.1) is 6.61 Å². The Morgan fingerprint density at radius 3 is 2.95 bits per heavy atom. The van der Waals surface area contributed by atoms with Gasteiger partial charge in [-0.25, -0.2) is 0 Å². The monoisotopic (exact) mass is 288 g/mol. The molecule has 0 saturated heterocycles. The van der Waals surface area contributed by atoms with Crippen LogP contribution in [0.1, 0.15) is 23.5 Å². The average molecular weight is 288 g/mol. The standard InChI is InChI=1S/C17H24N2O2/c1-21-11-10-19(9-8-18)17(20)16-14-7-6-12-4-2-3-5-13(12)15(14)16/h2-5,14-16H,6-11,18H2,1H3. The minimum Gasteiger partial charge on any atom is -0.383 e. The number of aryl methyl sites for hydroxylation is 1. The molecule has 0 aliphatic heterocycles. The van der Waals surface area contributed by atoms with Crippen LogP contribution in [-0.4, -0.2) is 44.2 Å². The first-order chi connectivity index (χ1) is 10.3. The third-order valence-corrected chi connectivity index (χ3v) is 4.89. The normalized spacial score (nSPS) is 25.9. The van der Waals surface area contributed by atoms with Gasteiger partial charge in [-0.15, -0.1) is 0 Å². The van der Waals surface area contributed by atoms with Gasteiger partial charge in [0.15, 0.2) is 0 Å². The van der Waals surface area contributed by atoms with E-state index in [4.69, 9.17) is 10.5 Å². The average Bonchev–Trinajstić information content (AvgIpc) is 3.25. The van der Waals surface area contributed by atoms with Crippen LogP contribution in [-0.2, 0) is 16.0 Å². The summed E-state index contributed by atoms with van der Waals surface area (Å²) in [6, 6.07) is 8.58. The van der Waals surface area contributed by atoms with Crippen molar-refractivity contribution in [3.63, 3.8) is 0 Å². The minimum absolute atomic E-state index is 0.164. The lowest BCUT2D eigenvalue weighted by Gasteiger charge is -2.22. The summed E-state index contributed by atoms with van der Waals surface area (Å²) in [5.41, 5.74) is 8.47. The molecule has 114 valence electrons. The Bertz CT molecular complexity index is 517. The first kappa shape index (κ1) is 14.5. The summed E-state index contributed by atoms with van der Waals surface area (Å²) in [5.74, 6) is 1.40. The highest BCUT2D eigenvalue weighted by molar-refractivity contribution is 5.84. The number of nitrogens with two attached hydrogens (primary N) is 1. The highest BCUT2D eigenvalue weighted by atomic mass is 16.5. The molecule has 0 bridgehead atoms. The molecule has 1 fully saturated rings. The molecule has 3 rings (SSSR count). The number of methoxy groups -OCH3 is 1. The van der Waals surface area contributed by atoms with E-state index in [9.17, 15) is 4.79 Å². The summed E-state index contributed by atoms with van der Waals surface area (Å²) < 4.78 is 5.11. The number of ether oxygens (including phenoxy) is 1. The predicted octanol–water partition coefficient (Wildman–Crippen LogP) is 1.40. The van der Waals surface area contributed by atoms with E-state index in [-0.39, 0.29) is 11.8 Å². The van der Waals surface area contributed by atoms with Gasteiger partial charge in [0.2, 0.25) is 5.91 Å². The molecule has 3 atom stereocenters. The molecule has 2 N–H and O–H groups in total. The fraction of sp³-hybridized carbons (Fsp3) is 0.588. The van der Waals surface area contributed by atoms with E-state index in [1.807, 2.05) is 4.90 Å². The van der Waals surface area contributed by atoms with Gasteiger partial charge in [-0.2, -0.15) is 0 Å². The van der Waals surface area contributed by atoms with Gasteiger partial charge in [-0.05, 0) is 35.8 Å². The Morgan fingerprint density at radius 1 is 1.38 bits per heavy atom. The maximum Gasteiger partial charge on any atom is 0.226 e. The van der Waals surface area contributed by atoms with E-state index >= 15 is 0 Å². The van der Waals surface area contributed by atoms with E-state index in [1.54, 1.807) is 7.11 Å². The predicted molar refractivity (Wildman–Crippen MR) is 82.0 cm³/mol. The van der Waals surface area contributed by atoms with Crippen molar-refractivity contribution in [2.45, 2.75) is 18.8 Å². The lowest BCUT2D eigenvalue weighted by molar-refractivity contribution is -0.133. The molecule has 21 heavy (non-hydrogen) atoms. The second-order valence-corrected chi connectivity index (χ2v) is 6.06. The third kappa shape index (κ3) is 2.70. The molecule has 1 aromatic rings. The van der Waals surface area contributed by atoms with Crippen LogP contribution in [0.25, 0.3) is 0 Å².